The van der Waals surface area contributed by atoms with E-state index in [9.17, 15) is 26.7 Å². The van der Waals surface area contributed by atoms with Crippen molar-refractivity contribution < 1.29 is 41.0 Å². The maximum Gasteiger partial charge on any atom is 0.418 e. The highest BCUT2D eigenvalue weighted by Crippen LogP contribution is 2.41. The van der Waals surface area contributed by atoms with Gasteiger partial charge in [-0.05, 0) is 24.2 Å². The number of benzene rings is 2. The van der Waals surface area contributed by atoms with Crippen molar-refractivity contribution >= 4 is 30.9 Å². The predicted molar refractivity (Wildman–Crippen MR) is 141 cm³/mol. The highest BCUT2D eigenvalue weighted by Gasteiger charge is 2.36. The Labute approximate surface area is 227 Å². The molecule has 0 aliphatic carbocycles. The number of pyridine rings is 1. The minimum atomic E-state index is -4.79. The molecule has 0 aliphatic rings. The fraction of sp³-hybridized carbons (Fsp3) is 0.259. The van der Waals surface area contributed by atoms with E-state index in [0.29, 0.717) is 18.7 Å². The summed E-state index contributed by atoms with van der Waals surface area (Å²) < 4.78 is 88.7. The van der Waals surface area contributed by atoms with Crippen LogP contribution >= 0.6 is 0 Å². The molecule has 4 aromatic rings. The van der Waals surface area contributed by atoms with Crippen LogP contribution in [0.25, 0.3) is 11.0 Å². The standard InChI is InChI=1S/C27H26F5N3O4Si/c1-40(2,3)12-11-37-16-35-15-18(27(30,31)32)24-22(9-10-33-25(24)35)39-23-14-19(28)21(13-20(23)29)34-26(36)38-17-7-5-4-6-8-17/h4-10,13-15H,11-12,16H2,1-3H3,(H,34,36). The first-order chi connectivity index (χ1) is 18.8. The molecule has 0 atom stereocenters. The van der Waals surface area contributed by atoms with Gasteiger partial charge in [0.2, 0.25) is 0 Å². The fourth-order valence-corrected chi connectivity index (χ4v) is 4.43. The number of alkyl halides is 3. The van der Waals surface area contributed by atoms with Gasteiger partial charge in [0, 0.05) is 39.2 Å². The average molecular weight is 580 g/mol. The van der Waals surface area contributed by atoms with E-state index in [1.54, 1.807) is 18.2 Å². The highest BCUT2D eigenvalue weighted by molar-refractivity contribution is 6.76. The first-order valence-corrected chi connectivity index (χ1v) is 15.9. The molecule has 2 aromatic carbocycles. The van der Waals surface area contributed by atoms with Crippen LogP contribution in [0.2, 0.25) is 25.7 Å². The van der Waals surface area contributed by atoms with Gasteiger partial charge in [-0.2, -0.15) is 13.2 Å². The van der Waals surface area contributed by atoms with E-state index in [1.807, 2.05) is 0 Å². The number of rotatable bonds is 9. The molecule has 7 nitrogen and oxygen atoms in total. The van der Waals surface area contributed by atoms with Crippen molar-refractivity contribution in [3.8, 4) is 17.2 Å². The van der Waals surface area contributed by atoms with Crippen LogP contribution in [0, 0.1) is 11.6 Å². The molecule has 0 unspecified atom stereocenters. The second kappa shape index (κ2) is 11.6. The van der Waals surface area contributed by atoms with Gasteiger partial charge in [0.1, 0.15) is 23.9 Å². The average Bonchev–Trinajstić information content (AvgIpc) is 3.25. The van der Waals surface area contributed by atoms with Crippen molar-refractivity contribution in [3.63, 3.8) is 0 Å². The van der Waals surface area contributed by atoms with Crippen molar-refractivity contribution in [1.29, 1.82) is 0 Å². The molecule has 0 fully saturated rings. The minimum absolute atomic E-state index is 0.0966. The molecule has 40 heavy (non-hydrogen) atoms. The van der Waals surface area contributed by atoms with E-state index in [4.69, 9.17) is 14.2 Å². The largest absolute Gasteiger partial charge is 0.453 e. The summed E-state index contributed by atoms with van der Waals surface area (Å²) in [6.45, 7) is 6.63. The van der Waals surface area contributed by atoms with Crippen LogP contribution in [0.1, 0.15) is 5.56 Å². The van der Waals surface area contributed by atoms with E-state index in [1.165, 1.54) is 22.9 Å². The molecule has 212 valence electrons. The summed E-state index contributed by atoms with van der Waals surface area (Å²) in [5.41, 5.74) is -1.72. The van der Waals surface area contributed by atoms with Gasteiger partial charge in [-0.15, -0.1) is 0 Å². The first kappa shape index (κ1) is 29.0. The van der Waals surface area contributed by atoms with E-state index >= 15 is 0 Å². The maximum absolute atomic E-state index is 14.9. The minimum Gasteiger partial charge on any atom is -0.453 e. The van der Waals surface area contributed by atoms with Gasteiger partial charge in [0.25, 0.3) is 0 Å². The quantitative estimate of drug-likeness (QED) is 0.123. The van der Waals surface area contributed by atoms with Crippen LogP contribution < -0.4 is 14.8 Å². The van der Waals surface area contributed by atoms with Gasteiger partial charge in [-0.3, -0.25) is 5.32 Å². The second-order valence-corrected chi connectivity index (χ2v) is 15.7. The number of halogens is 5. The molecule has 0 saturated heterocycles. The zero-order valence-corrected chi connectivity index (χ0v) is 22.8. The van der Waals surface area contributed by atoms with Gasteiger partial charge in [-0.1, -0.05) is 37.8 Å². The Kier molecular flexibility index (Phi) is 8.44. The fourth-order valence-electron chi connectivity index (χ4n) is 3.68. The third kappa shape index (κ3) is 7.15. The molecule has 0 saturated carbocycles. The second-order valence-electron chi connectivity index (χ2n) is 10.1. The Morgan fingerprint density at radius 1 is 1.02 bits per heavy atom. The molecular formula is C27H26F5N3O4Si. The normalized spacial score (nSPS) is 12.0. The summed E-state index contributed by atoms with van der Waals surface area (Å²) in [6.07, 6.45) is -3.82. The summed E-state index contributed by atoms with van der Waals surface area (Å²) in [5, 5.41) is 1.65. The number of nitrogens with zero attached hydrogens (tertiary/aromatic N) is 2. The van der Waals surface area contributed by atoms with Gasteiger partial charge in [0.15, 0.2) is 17.4 Å². The third-order valence-electron chi connectivity index (χ3n) is 5.68. The highest BCUT2D eigenvalue weighted by atomic mass is 28.3. The topological polar surface area (TPSA) is 74.6 Å². The molecule has 4 rings (SSSR count). The van der Waals surface area contributed by atoms with Crippen molar-refractivity contribution in [3.05, 3.63) is 78.1 Å². The number of para-hydroxylation sites is 1. The van der Waals surface area contributed by atoms with Crippen LogP contribution in [-0.4, -0.2) is 30.3 Å². The number of ether oxygens (including phenoxy) is 3. The van der Waals surface area contributed by atoms with Crippen LogP contribution in [0.15, 0.2) is 60.9 Å². The van der Waals surface area contributed by atoms with Gasteiger partial charge in [-0.25, -0.2) is 18.6 Å². The molecule has 2 aromatic heterocycles. The molecule has 0 bridgehead atoms. The Balaban J connectivity index is 1.59. The van der Waals surface area contributed by atoms with Crippen molar-refractivity contribution in [2.75, 3.05) is 11.9 Å². The van der Waals surface area contributed by atoms with Crippen LogP contribution in [0.4, 0.5) is 32.4 Å². The van der Waals surface area contributed by atoms with Crippen molar-refractivity contribution in [2.24, 2.45) is 0 Å². The van der Waals surface area contributed by atoms with Crippen molar-refractivity contribution in [2.45, 2.75) is 38.6 Å². The van der Waals surface area contributed by atoms with E-state index < -0.39 is 54.4 Å². The SMILES string of the molecule is C[Si](C)(C)CCOCn1cc(C(F)(F)F)c2c(Oc3cc(F)c(NC(=O)Oc4ccccc4)cc3F)ccnc21. The lowest BCUT2D eigenvalue weighted by Gasteiger charge is -2.15. The van der Waals surface area contributed by atoms with E-state index in [2.05, 4.69) is 29.9 Å². The Morgan fingerprint density at radius 2 is 1.75 bits per heavy atom. The van der Waals surface area contributed by atoms with Crippen LogP contribution in [0.5, 0.6) is 17.2 Å². The summed E-state index contributed by atoms with van der Waals surface area (Å²) >= 11 is 0. The molecular weight excluding hydrogens is 553 g/mol. The molecule has 0 radical (unpaired) electrons. The molecule has 13 heteroatoms. The number of fused-ring (bicyclic) bond motifs is 1. The van der Waals surface area contributed by atoms with Crippen LogP contribution in [0.3, 0.4) is 0 Å². The molecule has 1 N–H and O–H groups in total. The molecule has 2 heterocycles. The third-order valence-corrected chi connectivity index (χ3v) is 7.39. The van der Waals surface area contributed by atoms with Gasteiger partial charge in [0.05, 0.1) is 16.6 Å². The van der Waals surface area contributed by atoms with Crippen LogP contribution in [-0.2, 0) is 17.6 Å². The number of carbonyl (C=O) groups is 1. The number of hydrogen-bond donors (Lipinski definition) is 1. The Morgan fingerprint density at radius 3 is 2.42 bits per heavy atom. The molecule has 1 amide bonds. The van der Waals surface area contributed by atoms with E-state index in [-0.39, 0.29) is 23.9 Å². The summed E-state index contributed by atoms with van der Waals surface area (Å²) in [5.74, 6) is -3.14. The summed E-state index contributed by atoms with van der Waals surface area (Å²) in [6, 6.07) is 11.1. The zero-order chi connectivity index (χ0) is 29.1. The summed E-state index contributed by atoms with van der Waals surface area (Å²) in [4.78, 5) is 16.1. The first-order valence-electron chi connectivity index (χ1n) is 12.2. The number of nitrogens with one attached hydrogen (secondary N) is 1. The number of aromatic nitrogens is 2. The number of hydrogen-bond acceptors (Lipinski definition) is 5. The van der Waals surface area contributed by atoms with Crippen molar-refractivity contribution in [1.82, 2.24) is 9.55 Å². The Hall–Kier alpha value is -3.97. The lowest BCUT2D eigenvalue weighted by atomic mass is 10.2. The maximum atomic E-state index is 14.9. The van der Waals surface area contributed by atoms with Gasteiger partial charge < -0.3 is 18.8 Å². The zero-order valence-electron chi connectivity index (χ0n) is 21.8. The van der Waals surface area contributed by atoms with E-state index in [0.717, 1.165) is 18.3 Å². The summed E-state index contributed by atoms with van der Waals surface area (Å²) in [7, 11) is -1.41. The number of anilines is 1. The number of carbonyl (C=O) groups excluding carboxylic acids is 1. The Bertz CT molecular complexity index is 1500. The van der Waals surface area contributed by atoms with Gasteiger partial charge >= 0.3 is 12.3 Å². The monoisotopic (exact) mass is 579 g/mol. The predicted octanol–water partition coefficient (Wildman–Crippen LogP) is 8.05. The lowest BCUT2D eigenvalue weighted by Crippen LogP contribution is -2.22. The lowest BCUT2D eigenvalue weighted by molar-refractivity contribution is -0.136. The number of amides is 1. The molecule has 0 aliphatic heterocycles. The smallest absolute Gasteiger partial charge is 0.418 e. The molecule has 0 spiro atoms.